The van der Waals surface area contributed by atoms with Crippen LogP contribution in [-0.4, -0.2) is 9.78 Å². The van der Waals surface area contributed by atoms with Gasteiger partial charge in [0.2, 0.25) is 0 Å². The Morgan fingerprint density at radius 1 is 1.41 bits per heavy atom. The zero-order valence-electron chi connectivity index (χ0n) is 9.98. The van der Waals surface area contributed by atoms with Crippen LogP contribution in [0, 0.1) is 6.92 Å². The number of hydrogen-bond acceptors (Lipinski definition) is 2. The fourth-order valence-corrected chi connectivity index (χ4v) is 1.81. The fourth-order valence-electron chi connectivity index (χ4n) is 1.52. The highest BCUT2D eigenvalue weighted by Gasteiger charge is 2.03. The van der Waals surface area contributed by atoms with Crippen LogP contribution in [0.15, 0.2) is 30.6 Å². The first-order valence-electron chi connectivity index (χ1n) is 5.59. The molecule has 0 radical (unpaired) electrons. The van der Waals surface area contributed by atoms with Gasteiger partial charge >= 0.3 is 0 Å². The van der Waals surface area contributed by atoms with Gasteiger partial charge in [-0.3, -0.25) is 4.68 Å². The van der Waals surface area contributed by atoms with E-state index in [4.69, 9.17) is 16.3 Å². The second kappa shape index (κ2) is 5.23. The van der Waals surface area contributed by atoms with Gasteiger partial charge in [-0.15, -0.1) is 0 Å². The number of aryl methyl sites for hydroxylation is 2. The second-order valence-corrected chi connectivity index (χ2v) is 4.32. The minimum absolute atomic E-state index is 0.467. The van der Waals surface area contributed by atoms with E-state index in [2.05, 4.69) is 5.10 Å². The number of halogens is 1. The van der Waals surface area contributed by atoms with Crippen molar-refractivity contribution >= 4 is 11.6 Å². The normalized spacial score (nSPS) is 10.5. The molecule has 1 aromatic heterocycles. The molecule has 0 aliphatic rings. The summed E-state index contributed by atoms with van der Waals surface area (Å²) in [6.45, 7) is 5.36. The third-order valence-corrected chi connectivity index (χ3v) is 2.89. The molecule has 17 heavy (non-hydrogen) atoms. The minimum atomic E-state index is 0.467. The Labute approximate surface area is 106 Å². The Kier molecular flexibility index (Phi) is 3.69. The maximum Gasteiger partial charge on any atom is 0.157 e. The van der Waals surface area contributed by atoms with Crippen LogP contribution in [0.3, 0.4) is 0 Å². The van der Waals surface area contributed by atoms with Crippen LogP contribution < -0.4 is 4.74 Å². The van der Waals surface area contributed by atoms with Crippen molar-refractivity contribution in [3.05, 3.63) is 46.7 Å². The maximum atomic E-state index is 6.13. The van der Waals surface area contributed by atoms with E-state index in [9.17, 15) is 0 Å². The van der Waals surface area contributed by atoms with E-state index in [0.717, 1.165) is 28.4 Å². The molecule has 1 aromatic carbocycles. The van der Waals surface area contributed by atoms with Gasteiger partial charge in [0.15, 0.2) is 5.75 Å². The summed E-state index contributed by atoms with van der Waals surface area (Å²) >= 11 is 6.13. The first-order valence-corrected chi connectivity index (χ1v) is 5.97. The van der Waals surface area contributed by atoms with Gasteiger partial charge < -0.3 is 4.74 Å². The maximum absolute atomic E-state index is 6.13. The molecule has 2 aromatic rings. The highest BCUT2D eigenvalue weighted by Crippen LogP contribution is 2.19. The van der Waals surface area contributed by atoms with Crippen molar-refractivity contribution in [2.75, 3.05) is 0 Å². The van der Waals surface area contributed by atoms with E-state index in [-0.39, 0.29) is 0 Å². The number of ether oxygens (including phenoxy) is 1. The van der Waals surface area contributed by atoms with E-state index in [1.807, 2.05) is 42.9 Å². The van der Waals surface area contributed by atoms with Crippen molar-refractivity contribution in [2.24, 2.45) is 0 Å². The number of aromatic nitrogens is 2. The molecule has 2 rings (SSSR count). The van der Waals surface area contributed by atoms with E-state index in [1.165, 1.54) is 0 Å². The minimum Gasteiger partial charge on any atom is -0.486 e. The topological polar surface area (TPSA) is 27.1 Å². The lowest BCUT2D eigenvalue weighted by molar-refractivity contribution is 0.306. The summed E-state index contributed by atoms with van der Waals surface area (Å²) in [6.07, 6.45) is 3.59. The molecule has 0 unspecified atom stereocenters. The van der Waals surface area contributed by atoms with Crippen LogP contribution in [0.1, 0.15) is 18.1 Å². The molecule has 0 aliphatic heterocycles. The average molecular weight is 251 g/mol. The first-order chi connectivity index (χ1) is 8.19. The zero-order chi connectivity index (χ0) is 12.3. The lowest BCUT2D eigenvalue weighted by Crippen LogP contribution is -1.96. The molecule has 0 bridgehead atoms. The SMILES string of the molecule is CCn1cc(OCc2ccc(C)cc2Cl)cn1. The number of rotatable bonds is 4. The molecule has 0 atom stereocenters. The second-order valence-electron chi connectivity index (χ2n) is 3.92. The van der Waals surface area contributed by atoms with Crippen molar-refractivity contribution in [1.82, 2.24) is 9.78 Å². The molecular formula is C13H15ClN2O. The van der Waals surface area contributed by atoms with Gasteiger partial charge in [-0.2, -0.15) is 5.10 Å². The standard InChI is InChI=1S/C13H15ClN2O/c1-3-16-8-12(7-15-16)17-9-11-5-4-10(2)6-13(11)14/h4-8H,3,9H2,1-2H3. The van der Waals surface area contributed by atoms with Gasteiger partial charge in [-0.25, -0.2) is 0 Å². The van der Waals surface area contributed by atoms with Crippen molar-refractivity contribution in [3.8, 4) is 5.75 Å². The predicted molar refractivity (Wildman–Crippen MR) is 68.4 cm³/mol. The zero-order valence-corrected chi connectivity index (χ0v) is 10.7. The molecule has 0 fully saturated rings. The van der Waals surface area contributed by atoms with Crippen LogP contribution in [0.2, 0.25) is 5.02 Å². The lowest BCUT2D eigenvalue weighted by atomic mass is 10.2. The fraction of sp³-hybridized carbons (Fsp3) is 0.308. The van der Waals surface area contributed by atoms with Gasteiger partial charge in [0, 0.05) is 17.1 Å². The van der Waals surface area contributed by atoms with Crippen LogP contribution in [0.5, 0.6) is 5.75 Å². The van der Waals surface area contributed by atoms with Crippen LogP contribution >= 0.6 is 11.6 Å². The molecule has 0 N–H and O–H groups in total. The van der Waals surface area contributed by atoms with Gasteiger partial charge in [0.25, 0.3) is 0 Å². The molecule has 3 nitrogen and oxygen atoms in total. The van der Waals surface area contributed by atoms with Crippen molar-refractivity contribution in [3.63, 3.8) is 0 Å². The summed E-state index contributed by atoms with van der Waals surface area (Å²) in [6, 6.07) is 5.96. The Morgan fingerprint density at radius 3 is 2.88 bits per heavy atom. The molecule has 90 valence electrons. The molecule has 0 aliphatic carbocycles. The Hall–Kier alpha value is -1.48. The van der Waals surface area contributed by atoms with Crippen molar-refractivity contribution in [2.45, 2.75) is 27.0 Å². The summed E-state index contributed by atoms with van der Waals surface area (Å²) in [5, 5.41) is 4.89. The van der Waals surface area contributed by atoms with Gasteiger partial charge in [0.1, 0.15) is 6.61 Å². The van der Waals surface area contributed by atoms with E-state index >= 15 is 0 Å². The van der Waals surface area contributed by atoms with Crippen LogP contribution in [0.4, 0.5) is 0 Å². The largest absolute Gasteiger partial charge is 0.486 e. The molecule has 4 heteroatoms. The summed E-state index contributed by atoms with van der Waals surface area (Å²) in [4.78, 5) is 0. The third kappa shape index (κ3) is 3.01. The highest BCUT2D eigenvalue weighted by molar-refractivity contribution is 6.31. The number of hydrogen-bond donors (Lipinski definition) is 0. The van der Waals surface area contributed by atoms with Crippen molar-refractivity contribution < 1.29 is 4.74 Å². The number of benzene rings is 1. The first kappa shape index (κ1) is 12.0. The van der Waals surface area contributed by atoms with Crippen molar-refractivity contribution in [1.29, 1.82) is 0 Å². The van der Waals surface area contributed by atoms with Crippen LogP contribution in [0.25, 0.3) is 0 Å². The summed E-state index contributed by atoms with van der Waals surface area (Å²) in [5.74, 6) is 0.767. The van der Waals surface area contributed by atoms with Crippen LogP contribution in [-0.2, 0) is 13.2 Å². The summed E-state index contributed by atoms with van der Waals surface area (Å²) in [7, 11) is 0. The Bertz CT molecular complexity index is 508. The summed E-state index contributed by atoms with van der Waals surface area (Å²) in [5.41, 5.74) is 2.14. The van der Waals surface area contributed by atoms with E-state index in [0.29, 0.717) is 6.61 Å². The lowest BCUT2D eigenvalue weighted by Gasteiger charge is -2.06. The van der Waals surface area contributed by atoms with Gasteiger partial charge in [0.05, 0.1) is 12.4 Å². The molecule has 0 saturated heterocycles. The summed E-state index contributed by atoms with van der Waals surface area (Å²) < 4.78 is 7.45. The molecule has 0 saturated carbocycles. The highest BCUT2D eigenvalue weighted by atomic mass is 35.5. The van der Waals surface area contributed by atoms with E-state index < -0.39 is 0 Å². The van der Waals surface area contributed by atoms with E-state index in [1.54, 1.807) is 6.20 Å². The number of nitrogens with zero attached hydrogens (tertiary/aromatic N) is 2. The van der Waals surface area contributed by atoms with Gasteiger partial charge in [-0.05, 0) is 25.5 Å². The molecule has 0 spiro atoms. The monoisotopic (exact) mass is 250 g/mol. The molecule has 1 heterocycles. The van der Waals surface area contributed by atoms with Gasteiger partial charge in [-0.1, -0.05) is 23.7 Å². The average Bonchev–Trinajstić information content (AvgIpc) is 2.76. The molecular weight excluding hydrogens is 236 g/mol. The predicted octanol–water partition coefficient (Wildman–Crippen LogP) is 3.44. The molecule has 0 amide bonds. The smallest absolute Gasteiger partial charge is 0.157 e. The Balaban J connectivity index is 2.02. The third-order valence-electron chi connectivity index (χ3n) is 2.54. The Morgan fingerprint density at radius 2 is 2.24 bits per heavy atom. The quantitative estimate of drug-likeness (QED) is 0.831.